The van der Waals surface area contributed by atoms with Crippen LogP contribution in [0.25, 0.3) is 11.0 Å². The minimum Gasteiger partial charge on any atom is -0.459 e. The van der Waals surface area contributed by atoms with Crippen molar-refractivity contribution >= 4 is 22.8 Å². The Kier molecular flexibility index (Phi) is 4.43. The number of nitrogens with one attached hydrogen (secondary N) is 1. The van der Waals surface area contributed by atoms with E-state index in [1.165, 1.54) is 6.26 Å². The van der Waals surface area contributed by atoms with E-state index >= 15 is 0 Å². The number of amides is 2. The van der Waals surface area contributed by atoms with E-state index in [1.54, 1.807) is 17.0 Å². The second-order valence-electron chi connectivity index (χ2n) is 6.35. The standard InChI is InChI=1S/C19H20N4O3/c24-18(8-7-17-20-14-4-1-2-5-15(14)21-17)22-9-11-23(12-10-22)19(25)16-6-3-13-26-16/h1-6,13H,7-12H2,(H,20,21). The van der Waals surface area contributed by atoms with Gasteiger partial charge in [0.2, 0.25) is 5.91 Å². The quantitative estimate of drug-likeness (QED) is 0.779. The van der Waals surface area contributed by atoms with E-state index in [1.807, 2.05) is 29.2 Å². The number of benzene rings is 1. The molecule has 0 saturated carbocycles. The Morgan fingerprint density at radius 3 is 2.54 bits per heavy atom. The fraction of sp³-hybridized carbons (Fsp3) is 0.316. The molecule has 134 valence electrons. The Morgan fingerprint density at radius 1 is 1.04 bits per heavy atom. The third-order valence-corrected chi connectivity index (χ3v) is 4.67. The highest BCUT2D eigenvalue weighted by Crippen LogP contribution is 2.13. The van der Waals surface area contributed by atoms with Gasteiger partial charge in [0.25, 0.3) is 5.91 Å². The largest absolute Gasteiger partial charge is 0.459 e. The number of hydrogen-bond donors (Lipinski definition) is 1. The molecule has 26 heavy (non-hydrogen) atoms. The number of carbonyl (C=O) groups is 2. The maximum Gasteiger partial charge on any atom is 0.289 e. The summed E-state index contributed by atoms with van der Waals surface area (Å²) >= 11 is 0. The lowest BCUT2D eigenvalue weighted by molar-refractivity contribution is -0.132. The summed E-state index contributed by atoms with van der Waals surface area (Å²) in [5.74, 6) is 1.14. The van der Waals surface area contributed by atoms with Crippen LogP contribution in [-0.4, -0.2) is 57.8 Å². The van der Waals surface area contributed by atoms with E-state index in [4.69, 9.17) is 4.42 Å². The number of nitrogens with zero attached hydrogens (tertiary/aromatic N) is 3. The van der Waals surface area contributed by atoms with Crippen LogP contribution in [0.2, 0.25) is 0 Å². The molecule has 0 radical (unpaired) electrons. The summed E-state index contributed by atoms with van der Waals surface area (Å²) in [6.45, 7) is 2.14. The summed E-state index contributed by atoms with van der Waals surface area (Å²) in [5.41, 5.74) is 1.90. The molecule has 1 fully saturated rings. The summed E-state index contributed by atoms with van der Waals surface area (Å²) in [6.07, 6.45) is 2.48. The lowest BCUT2D eigenvalue weighted by atomic mass is 10.2. The second kappa shape index (κ2) is 7.03. The molecule has 3 heterocycles. The van der Waals surface area contributed by atoms with Crippen LogP contribution in [0.5, 0.6) is 0 Å². The van der Waals surface area contributed by atoms with Crippen molar-refractivity contribution in [2.45, 2.75) is 12.8 Å². The Morgan fingerprint density at radius 2 is 1.81 bits per heavy atom. The number of para-hydroxylation sites is 2. The number of aromatic nitrogens is 2. The van der Waals surface area contributed by atoms with Gasteiger partial charge < -0.3 is 19.2 Å². The third-order valence-electron chi connectivity index (χ3n) is 4.67. The molecule has 0 aliphatic carbocycles. The summed E-state index contributed by atoms with van der Waals surface area (Å²) in [4.78, 5) is 36.0. The highest BCUT2D eigenvalue weighted by molar-refractivity contribution is 5.91. The van der Waals surface area contributed by atoms with Crippen LogP contribution >= 0.6 is 0 Å². The molecule has 0 unspecified atom stereocenters. The number of aromatic amines is 1. The lowest BCUT2D eigenvalue weighted by Crippen LogP contribution is -2.50. The van der Waals surface area contributed by atoms with Gasteiger partial charge in [-0.2, -0.15) is 0 Å². The molecule has 7 heteroatoms. The van der Waals surface area contributed by atoms with Gasteiger partial charge in [0.05, 0.1) is 17.3 Å². The van der Waals surface area contributed by atoms with Gasteiger partial charge in [0.1, 0.15) is 5.82 Å². The molecule has 1 aliphatic heterocycles. The van der Waals surface area contributed by atoms with E-state index in [2.05, 4.69) is 9.97 Å². The van der Waals surface area contributed by atoms with Gasteiger partial charge in [-0.15, -0.1) is 0 Å². The lowest BCUT2D eigenvalue weighted by Gasteiger charge is -2.34. The maximum absolute atomic E-state index is 12.5. The maximum atomic E-state index is 12.5. The first-order valence-corrected chi connectivity index (χ1v) is 8.75. The molecular formula is C19H20N4O3. The molecule has 1 N–H and O–H groups in total. The van der Waals surface area contributed by atoms with Crippen molar-refractivity contribution in [3.8, 4) is 0 Å². The number of carbonyl (C=O) groups excluding carboxylic acids is 2. The molecule has 0 bridgehead atoms. The highest BCUT2D eigenvalue weighted by Gasteiger charge is 2.25. The van der Waals surface area contributed by atoms with Crippen molar-refractivity contribution in [2.75, 3.05) is 26.2 Å². The van der Waals surface area contributed by atoms with Crippen molar-refractivity contribution in [1.82, 2.24) is 19.8 Å². The van der Waals surface area contributed by atoms with E-state index in [9.17, 15) is 9.59 Å². The van der Waals surface area contributed by atoms with E-state index in [0.717, 1.165) is 16.9 Å². The molecule has 1 aromatic carbocycles. The number of hydrogen-bond acceptors (Lipinski definition) is 4. The van der Waals surface area contributed by atoms with Crippen LogP contribution in [0.15, 0.2) is 47.1 Å². The summed E-state index contributed by atoms with van der Waals surface area (Å²) < 4.78 is 5.15. The van der Waals surface area contributed by atoms with Crippen LogP contribution in [0.3, 0.4) is 0 Å². The van der Waals surface area contributed by atoms with E-state index in [-0.39, 0.29) is 11.8 Å². The predicted octanol–water partition coefficient (Wildman–Crippen LogP) is 2.07. The van der Waals surface area contributed by atoms with Gasteiger partial charge in [-0.3, -0.25) is 9.59 Å². The second-order valence-corrected chi connectivity index (χ2v) is 6.35. The Labute approximate surface area is 150 Å². The van der Waals surface area contributed by atoms with Crippen molar-refractivity contribution in [3.05, 3.63) is 54.2 Å². The van der Waals surface area contributed by atoms with Gasteiger partial charge in [-0.1, -0.05) is 12.1 Å². The summed E-state index contributed by atoms with van der Waals surface area (Å²) in [7, 11) is 0. The molecule has 4 rings (SSSR count). The zero-order valence-electron chi connectivity index (χ0n) is 14.4. The van der Waals surface area contributed by atoms with Gasteiger partial charge in [-0.05, 0) is 24.3 Å². The SMILES string of the molecule is O=C(CCc1nc2ccccc2[nH]1)N1CCN(C(=O)c2ccco2)CC1. The average Bonchev–Trinajstić information content (AvgIpc) is 3.35. The smallest absolute Gasteiger partial charge is 0.289 e. The van der Waals surface area contributed by atoms with Gasteiger partial charge >= 0.3 is 0 Å². The Balaban J connectivity index is 1.29. The molecule has 2 aromatic heterocycles. The topological polar surface area (TPSA) is 82.4 Å². The number of rotatable bonds is 4. The molecule has 0 spiro atoms. The molecule has 0 atom stereocenters. The number of H-pyrrole nitrogens is 1. The third kappa shape index (κ3) is 3.33. The normalized spacial score (nSPS) is 14.8. The Hall–Kier alpha value is -3.09. The van der Waals surface area contributed by atoms with E-state index < -0.39 is 0 Å². The van der Waals surface area contributed by atoms with E-state index in [0.29, 0.717) is 44.8 Å². The van der Waals surface area contributed by atoms with Gasteiger partial charge in [0, 0.05) is 39.0 Å². The summed E-state index contributed by atoms with van der Waals surface area (Å²) in [6, 6.07) is 11.2. The van der Waals surface area contributed by atoms with Crippen molar-refractivity contribution in [1.29, 1.82) is 0 Å². The number of imidazole rings is 1. The molecule has 1 saturated heterocycles. The average molecular weight is 352 g/mol. The van der Waals surface area contributed by atoms with Crippen molar-refractivity contribution in [3.63, 3.8) is 0 Å². The zero-order valence-corrected chi connectivity index (χ0v) is 14.4. The molecule has 7 nitrogen and oxygen atoms in total. The first-order valence-electron chi connectivity index (χ1n) is 8.75. The van der Waals surface area contributed by atoms with Crippen LogP contribution in [0.4, 0.5) is 0 Å². The molecular weight excluding hydrogens is 332 g/mol. The first-order chi connectivity index (χ1) is 12.7. The number of furan rings is 1. The van der Waals surface area contributed by atoms with Crippen molar-refractivity contribution < 1.29 is 14.0 Å². The number of aryl methyl sites for hydroxylation is 1. The first kappa shape index (κ1) is 16.4. The molecule has 2 amide bonds. The zero-order chi connectivity index (χ0) is 17.9. The molecule has 1 aliphatic rings. The number of piperazine rings is 1. The van der Waals surface area contributed by atoms with Gasteiger partial charge in [0.15, 0.2) is 5.76 Å². The van der Waals surface area contributed by atoms with Crippen LogP contribution in [-0.2, 0) is 11.2 Å². The fourth-order valence-corrected chi connectivity index (χ4v) is 3.22. The van der Waals surface area contributed by atoms with Gasteiger partial charge in [-0.25, -0.2) is 4.98 Å². The molecule has 3 aromatic rings. The van der Waals surface area contributed by atoms with Crippen LogP contribution < -0.4 is 0 Å². The summed E-state index contributed by atoms with van der Waals surface area (Å²) in [5, 5.41) is 0. The number of fused-ring (bicyclic) bond motifs is 1. The minimum absolute atomic E-state index is 0.0931. The monoisotopic (exact) mass is 352 g/mol. The minimum atomic E-state index is -0.121. The predicted molar refractivity (Wildman–Crippen MR) is 95.6 cm³/mol. The highest BCUT2D eigenvalue weighted by atomic mass is 16.3. The van der Waals surface area contributed by atoms with Crippen molar-refractivity contribution in [2.24, 2.45) is 0 Å². The van der Waals surface area contributed by atoms with Crippen LogP contribution in [0.1, 0.15) is 22.8 Å². The fourth-order valence-electron chi connectivity index (χ4n) is 3.22. The Bertz CT molecular complexity index is 875. The van der Waals surface area contributed by atoms with Crippen LogP contribution in [0, 0.1) is 0 Å².